The fourth-order valence-corrected chi connectivity index (χ4v) is 3.97. The number of hydrogen-bond acceptors (Lipinski definition) is 0. The average Bonchev–Trinajstić information content (AvgIpc) is 2.41. The van der Waals surface area contributed by atoms with E-state index in [9.17, 15) is 0 Å². The summed E-state index contributed by atoms with van der Waals surface area (Å²) in [5, 5.41) is 0. The molecule has 0 radical (unpaired) electrons. The van der Waals surface area contributed by atoms with Gasteiger partial charge in [-0.15, -0.1) is 0 Å². The van der Waals surface area contributed by atoms with Crippen molar-refractivity contribution in [2.24, 2.45) is 0 Å². The normalized spacial score (nSPS) is 12.6. The van der Waals surface area contributed by atoms with E-state index < -0.39 is 0 Å². The molecule has 0 nitrogen and oxygen atoms in total. The second-order valence-electron chi connectivity index (χ2n) is 4.75. The van der Waals surface area contributed by atoms with Crippen molar-refractivity contribution >= 4 is 0 Å². The van der Waals surface area contributed by atoms with E-state index in [1.807, 2.05) is 0 Å². The van der Waals surface area contributed by atoms with Crippen LogP contribution < -0.4 is 21.2 Å². The van der Waals surface area contributed by atoms with Gasteiger partial charge in [0.2, 0.25) is 0 Å². The molecular weight excluding hydrogens is 331 g/mol. The molecule has 2 rings (SSSR count). The Morgan fingerprint density at radius 3 is 1.89 bits per heavy atom. The molecule has 0 heterocycles. The number of aryl methyl sites for hydroxylation is 1. The summed E-state index contributed by atoms with van der Waals surface area (Å²) in [5.74, 6) is 0.677. The van der Waals surface area contributed by atoms with Gasteiger partial charge in [0.1, 0.15) is 0 Å². The van der Waals surface area contributed by atoms with Crippen molar-refractivity contribution in [1.29, 1.82) is 0 Å². The van der Waals surface area contributed by atoms with Gasteiger partial charge in [0, 0.05) is 0 Å². The Morgan fingerprint density at radius 1 is 0.889 bits per heavy atom. The van der Waals surface area contributed by atoms with Gasteiger partial charge in [0.05, 0.1) is 0 Å². The van der Waals surface area contributed by atoms with E-state index in [1.165, 1.54) is 24.7 Å². The van der Waals surface area contributed by atoms with Crippen LogP contribution in [-0.4, -0.2) is 0 Å². The molecular formula is C17H20I-. The molecule has 96 valence electrons. The molecule has 2 aromatic rings. The Kier molecular flexibility index (Phi) is 4.81. The van der Waals surface area contributed by atoms with Crippen molar-refractivity contribution in [3.05, 3.63) is 66.8 Å². The summed E-state index contributed by atoms with van der Waals surface area (Å²) in [5.41, 5.74) is 2.81. The zero-order chi connectivity index (χ0) is 13.0. The van der Waals surface area contributed by atoms with E-state index in [2.05, 4.69) is 69.3 Å². The SMILES string of the molecule is CCC(C)c1ccc([I-]c2ccc(C)cc2)cc1. The molecule has 0 saturated heterocycles. The zero-order valence-corrected chi connectivity index (χ0v) is 13.4. The Hall–Kier alpha value is -0.830. The standard InChI is InChI=1S/C17H20I/c1-4-14(3)15-7-11-17(12-8-15)18-16-9-5-13(2)6-10-16/h5-12,14H,4H2,1-3H3/q-1. The molecule has 1 atom stereocenters. The summed E-state index contributed by atoms with van der Waals surface area (Å²) in [6, 6.07) is 18.2. The van der Waals surface area contributed by atoms with E-state index in [-0.39, 0.29) is 21.2 Å². The first kappa shape index (κ1) is 13.6. The summed E-state index contributed by atoms with van der Waals surface area (Å²) < 4.78 is 3.00. The molecule has 1 heteroatoms. The van der Waals surface area contributed by atoms with Crippen LogP contribution in [0.15, 0.2) is 48.5 Å². The van der Waals surface area contributed by atoms with Crippen LogP contribution in [0.25, 0.3) is 0 Å². The van der Waals surface area contributed by atoms with Crippen molar-refractivity contribution in [2.75, 3.05) is 0 Å². The first-order chi connectivity index (χ1) is 8.69. The van der Waals surface area contributed by atoms with E-state index >= 15 is 0 Å². The number of benzene rings is 2. The van der Waals surface area contributed by atoms with Crippen LogP contribution in [0.4, 0.5) is 0 Å². The van der Waals surface area contributed by atoms with Crippen molar-refractivity contribution < 1.29 is 21.2 Å². The van der Waals surface area contributed by atoms with Crippen LogP contribution in [0, 0.1) is 14.1 Å². The molecule has 0 aliphatic heterocycles. The second-order valence-corrected chi connectivity index (χ2v) is 7.78. The maximum absolute atomic E-state index is 2.31. The fourth-order valence-electron chi connectivity index (χ4n) is 1.81. The van der Waals surface area contributed by atoms with Crippen LogP contribution in [0.1, 0.15) is 37.3 Å². The molecule has 0 spiro atoms. The minimum absolute atomic E-state index is 0.0212. The van der Waals surface area contributed by atoms with Crippen LogP contribution in [0.2, 0.25) is 0 Å². The van der Waals surface area contributed by atoms with Crippen molar-refractivity contribution in [1.82, 2.24) is 0 Å². The molecule has 0 aromatic heterocycles. The zero-order valence-electron chi connectivity index (χ0n) is 11.3. The first-order valence-corrected chi connectivity index (χ1v) is 8.66. The van der Waals surface area contributed by atoms with E-state index in [0.717, 1.165) is 0 Å². The third kappa shape index (κ3) is 3.58. The predicted octanol–water partition coefficient (Wildman–Crippen LogP) is 1.64. The quantitative estimate of drug-likeness (QED) is 0.735. The van der Waals surface area contributed by atoms with Gasteiger partial charge in [0.15, 0.2) is 0 Å². The van der Waals surface area contributed by atoms with Gasteiger partial charge >= 0.3 is 121 Å². The number of hydrogen-bond donors (Lipinski definition) is 0. The van der Waals surface area contributed by atoms with Crippen molar-refractivity contribution in [3.8, 4) is 0 Å². The molecule has 0 bridgehead atoms. The Labute approximate surface area is 121 Å². The molecule has 0 aliphatic carbocycles. The Balaban J connectivity index is 2.08. The van der Waals surface area contributed by atoms with Crippen LogP contribution >= 0.6 is 0 Å². The summed E-state index contributed by atoms with van der Waals surface area (Å²) in [6.07, 6.45) is 1.21. The van der Waals surface area contributed by atoms with Gasteiger partial charge in [-0.3, -0.25) is 0 Å². The molecule has 2 aromatic carbocycles. The van der Waals surface area contributed by atoms with Gasteiger partial charge in [0.25, 0.3) is 0 Å². The maximum atomic E-state index is 2.31. The molecule has 1 unspecified atom stereocenters. The predicted molar refractivity (Wildman–Crippen MR) is 73.7 cm³/mol. The summed E-state index contributed by atoms with van der Waals surface area (Å²) in [6.45, 7) is 6.69. The summed E-state index contributed by atoms with van der Waals surface area (Å²) >= 11 is -0.0212. The van der Waals surface area contributed by atoms with Crippen LogP contribution in [0.3, 0.4) is 0 Å². The number of rotatable bonds is 4. The topological polar surface area (TPSA) is 0 Å². The minimum atomic E-state index is -0.0212. The third-order valence-corrected chi connectivity index (χ3v) is 5.96. The molecule has 0 amide bonds. The summed E-state index contributed by atoms with van der Waals surface area (Å²) in [4.78, 5) is 0. The molecule has 0 saturated carbocycles. The summed E-state index contributed by atoms with van der Waals surface area (Å²) in [7, 11) is 0. The van der Waals surface area contributed by atoms with Crippen LogP contribution in [0.5, 0.6) is 0 Å². The third-order valence-electron chi connectivity index (χ3n) is 3.28. The fraction of sp³-hybridized carbons (Fsp3) is 0.294. The number of halogens is 1. The average molecular weight is 351 g/mol. The van der Waals surface area contributed by atoms with Crippen molar-refractivity contribution in [3.63, 3.8) is 0 Å². The Morgan fingerprint density at radius 2 is 1.39 bits per heavy atom. The van der Waals surface area contributed by atoms with Gasteiger partial charge in [-0.2, -0.15) is 0 Å². The monoisotopic (exact) mass is 351 g/mol. The molecule has 0 aliphatic rings. The van der Waals surface area contributed by atoms with Gasteiger partial charge in [-0.25, -0.2) is 0 Å². The van der Waals surface area contributed by atoms with Gasteiger partial charge in [-0.1, -0.05) is 0 Å². The molecule has 0 fully saturated rings. The van der Waals surface area contributed by atoms with Crippen molar-refractivity contribution in [2.45, 2.75) is 33.1 Å². The van der Waals surface area contributed by atoms with Gasteiger partial charge in [-0.05, 0) is 0 Å². The van der Waals surface area contributed by atoms with E-state index in [4.69, 9.17) is 0 Å². The van der Waals surface area contributed by atoms with Crippen LogP contribution in [-0.2, 0) is 0 Å². The first-order valence-electron chi connectivity index (χ1n) is 6.50. The second kappa shape index (κ2) is 6.37. The Bertz CT molecular complexity index is 482. The van der Waals surface area contributed by atoms with E-state index in [1.54, 1.807) is 0 Å². The van der Waals surface area contributed by atoms with Gasteiger partial charge < -0.3 is 0 Å². The van der Waals surface area contributed by atoms with E-state index in [0.29, 0.717) is 5.92 Å². The molecule has 18 heavy (non-hydrogen) atoms. The molecule has 0 N–H and O–H groups in total.